The first-order valence-corrected chi connectivity index (χ1v) is 9.03. The highest BCUT2D eigenvalue weighted by Crippen LogP contribution is 2.30. The predicted molar refractivity (Wildman–Crippen MR) is 92.9 cm³/mol. The number of carbonyl (C=O) groups excluding carboxylic acids is 1. The minimum absolute atomic E-state index is 0.0835. The van der Waals surface area contributed by atoms with Crippen molar-refractivity contribution in [1.82, 2.24) is 9.55 Å². The van der Waals surface area contributed by atoms with Crippen molar-refractivity contribution in [3.63, 3.8) is 0 Å². The van der Waals surface area contributed by atoms with Crippen LogP contribution in [0.5, 0.6) is 0 Å². The molecule has 3 heterocycles. The molecule has 0 aliphatic carbocycles. The number of aromatic nitrogens is 2. The van der Waals surface area contributed by atoms with E-state index in [0.717, 1.165) is 37.1 Å². The fourth-order valence-electron chi connectivity index (χ4n) is 3.05. The Labute approximate surface area is 140 Å². The minimum Gasteiger partial charge on any atom is -0.368 e. The second-order valence-corrected chi connectivity index (χ2v) is 6.82. The van der Waals surface area contributed by atoms with E-state index in [4.69, 9.17) is 4.74 Å². The van der Waals surface area contributed by atoms with Gasteiger partial charge in [-0.2, -0.15) is 0 Å². The Hall–Kier alpha value is -1.66. The summed E-state index contributed by atoms with van der Waals surface area (Å²) < 4.78 is 7.72. The maximum atomic E-state index is 12.1. The Morgan fingerprint density at radius 1 is 1.52 bits per heavy atom. The van der Waals surface area contributed by atoms with Crippen molar-refractivity contribution in [3.05, 3.63) is 22.8 Å². The van der Waals surface area contributed by atoms with Gasteiger partial charge in [0.1, 0.15) is 6.10 Å². The smallest absolute Gasteiger partial charge is 0.255 e. The summed E-state index contributed by atoms with van der Waals surface area (Å²) in [7, 11) is 0. The number of amides is 1. The molecule has 6 heteroatoms. The van der Waals surface area contributed by atoms with E-state index in [2.05, 4.69) is 41.7 Å². The zero-order valence-electron chi connectivity index (χ0n) is 13.9. The fraction of sp³-hybridized carbons (Fsp3) is 0.529. The topological polar surface area (TPSA) is 56.2 Å². The van der Waals surface area contributed by atoms with Gasteiger partial charge >= 0.3 is 0 Å². The number of nitrogens with zero attached hydrogens (tertiary/aromatic N) is 2. The van der Waals surface area contributed by atoms with Crippen LogP contribution in [0.4, 0.5) is 5.13 Å². The van der Waals surface area contributed by atoms with Crippen LogP contribution in [0.1, 0.15) is 37.6 Å². The van der Waals surface area contributed by atoms with Gasteiger partial charge in [0.05, 0.1) is 5.69 Å². The van der Waals surface area contributed by atoms with Gasteiger partial charge in [-0.1, -0.05) is 6.92 Å². The molecule has 2 aromatic heterocycles. The molecule has 0 saturated carbocycles. The highest BCUT2D eigenvalue weighted by atomic mass is 32.1. The predicted octanol–water partition coefficient (Wildman–Crippen LogP) is 3.76. The normalized spacial score (nSPS) is 17.6. The van der Waals surface area contributed by atoms with Crippen LogP contribution in [0.15, 0.2) is 11.4 Å². The Morgan fingerprint density at radius 3 is 3.04 bits per heavy atom. The van der Waals surface area contributed by atoms with Gasteiger partial charge in [0, 0.05) is 35.5 Å². The molecule has 0 radical (unpaired) electrons. The number of ether oxygens (including phenoxy) is 1. The van der Waals surface area contributed by atoms with Crippen molar-refractivity contribution >= 4 is 22.4 Å². The van der Waals surface area contributed by atoms with Crippen LogP contribution in [0.3, 0.4) is 0 Å². The summed E-state index contributed by atoms with van der Waals surface area (Å²) >= 11 is 1.46. The molecule has 1 aliphatic heterocycles. The summed E-state index contributed by atoms with van der Waals surface area (Å²) in [6.45, 7) is 8.12. The molecule has 1 aliphatic rings. The van der Waals surface area contributed by atoms with Crippen molar-refractivity contribution in [2.45, 2.75) is 52.7 Å². The van der Waals surface area contributed by atoms with E-state index in [0.29, 0.717) is 11.7 Å². The quantitative estimate of drug-likeness (QED) is 0.906. The van der Waals surface area contributed by atoms with E-state index >= 15 is 0 Å². The van der Waals surface area contributed by atoms with Gasteiger partial charge in [-0.15, -0.1) is 11.3 Å². The summed E-state index contributed by atoms with van der Waals surface area (Å²) in [4.78, 5) is 16.7. The minimum atomic E-state index is -0.322. The Balaban J connectivity index is 1.76. The number of nitrogens with one attached hydrogen (secondary N) is 1. The summed E-state index contributed by atoms with van der Waals surface area (Å²) in [6, 6.07) is 2.17. The third-order valence-electron chi connectivity index (χ3n) is 4.25. The molecule has 3 rings (SSSR count). The highest BCUT2D eigenvalue weighted by molar-refractivity contribution is 7.14. The van der Waals surface area contributed by atoms with Crippen LogP contribution in [-0.4, -0.2) is 28.2 Å². The van der Waals surface area contributed by atoms with Gasteiger partial charge in [-0.25, -0.2) is 4.98 Å². The molecule has 0 aromatic carbocycles. The zero-order valence-corrected chi connectivity index (χ0v) is 14.7. The van der Waals surface area contributed by atoms with Gasteiger partial charge in [-0.05, 0) is 39.2 Å². The molecule has 23 heavy (non-hydrogen) atoms. The Morgan fingerprint density at radius 2 is 2.35 bits per heavy atom. The molecule has 1 amide bonds. The third-order valence-corrected chi connectivity index (χ3v) is 5.01. The van der Waals surface area contributed by atoms with Crippen LogP contribution < -0.4 is 5.32 Å². The first-order valence-electron chi connectivity index (χ1n) is 8.15. The zero-order chi connectivity index (χ0) is 16.4. The number of anilines is 1. The number of hydrogen-bond acceptors (Lipinski definition) is 4. The Kier molecular flexibility index (Phi) is 4.82. The summed E-state index contributed by atoms with van der Waals surface area (Å²) in [5, 5.41) is 5.52. The molecule has 1 fully saturated rings. The highest BCUT2D eigenvalue weighted by Gasteiger charge is 2.24. The maximum Gasteiger partial charge on any atom is 0.255 e. The largest absolute Gasteiger partial charge is 0.368 e. The van der Waals surface area contributed by atoms with E-state index in [9.17, 15) is 4.79 Å². The molecular weight excluding hydrogens is 310 g/mol. The van der Waals surface area contributed by atoms with Gasteiger partial charge in [0.25, 0.3) is 5.91 Å². The fourth-order valence-corrected chi connectivity index (χ4v) is 3.77. The van der Waals surface area contributed by atoms with Crippen molar-refractivity contribution in [2.24, 2.45) is 0 Å². The molecule has 1 atom stereocenters. The van der Waals surface area contributed by atoms with Gasteiger partial charge < -0.3 is 9.30 Å². The lowest BCUT2D eigenvalue weighted by atomic mass is 10.2. The monoisotopic (exact) mass is 333 g/mol. The average Bonchev–Trinajstić information content (AvgIpc) is 3.24. The molecule has 1 N–H and O–H groups in total. The number of rotatable bonds is 5. The average molecular weight is 333 g/mol. The van der Waals surface area contributed by atoms with Gasteiger partial charge in [-0.3, -0.25) is 10.1 Å². The van der Waals surface area contributed by atoms with Gasteiger partial charge in [0.15, 0.2) is 5.13 Å². The van der Waals surface area contributed by atoms with Crippen LogP contribution in [0, 0.1) is 13.8 Å². The molecule has 5 nitrogen and oxygen atoms in total. The molecule has 1 saturated heterocycles. The molecule has 0 unspecified atom stereocenters. The lowest BCUT2D eigenvalue weighted by Crippen LogP contribution is -2.26. The first kappa shape index (κ1) is 16.2. The van der Waals surface area contributed by atoms with Gasteiger partial charge in [0.2, 0.25) is 0 Å². The van der Waals surface area contributed by atoms with Crippen LogP contribution >= 0.6 is 11.3 Å². The number of carbonyl (C=O) groups is 1. The molecule has 0 spiro atoms. The Bertz CT molecular complexity index is 699. The number of aryl methyl sites for hydroxylation is 1. The van der Waals surface area contributed by atoms with E-state index in [1.165, 1.54) is 22.7 Å². The van der Waals surface area contributed by atoms with E-state index in [-0.39, 0.29) is 12.0 Å². The van der Waals surface area contributed by atoms with Crippen LogP contribution in [0.25, 0.3) is 11.3 Å². The molecule has 2 aromatic rings. The third kappa shape index (κ3) is 3.33. The lowest BCUT2D eigenvalue weighted by Gasteiger charge is -2.08. The van der Waals surface area contributed by atoms with Crippen LogP contribution in [-0.2, 0) is 16.1 Å². The maximum absolute atomic E-state index is 12.1. The van der Waals surface area contributed by atoms with E-state index < -0.39 is 0 Å². The van der Waals surface area contributed by atoms with Crippen molar-refractivity contribution in [3.8, 4) is 11.3 Å². The molecular formula is C17H23N3O2S. The lowest BCUT2D eigenvalue weighted by molar-refractivity contribution is -0.124. The molecule has 0 bridgehead atoms. The summed E-state index contributed by atoms with van der Waals surface area (Å²) in [5.74, 6) is -0.0835. The second-order valence-electron chi connectivity index (χ2n) is 5.97. The van der Waals surface area contributed by atoms with E-state index in [1.807, 2.05) is 5.38 Å². The molecule has 124 valence electrons. The summed E-state index contributed by atoms with van der Waals surface area (Å²) in [5.41, 5.74) is 4.54. The number of hydrogen-bond donors (Lipinski definition) is 1. The summed E-state index contributed by atoms with van der Waals surface area (Å²) in [6.07, 6.45) is 2.53. The number of thiazole rings is 1. The van der Waals surface area contributed by atoms with Crippen LogP contribution in [0.2, 0.25) is 0 Å². The van der Waals surface area contributed by atoms with Crippen molar-refractivity contribution < 1.29 is 9.53 Å². The van der Waals surface area contributed by atoms with Crippen molar-refractivity contribution in [1.29, 1.82) is 0 Å². The standard InChI is InChI=1S/C17H23N3O2S/c1-4-7-20-11(2)9-13(12(20)3)14-10-23-17(18-14)19-16(21)15-6-5-8-22-15/h9-10,15H,4-8H2,1-3H3,(H,18,19,21)/t15-/m0/s1. The second kappa shape index (κ2) is 6.84. The van der Waals surface area contributed by atoms with Crippen molar-refractivity contribution in [2.75, 3.05) is 11.9 Å². The first-order chi connectivity index (χ1) is 11.1. The van der Waals surface area contributed by atoms with E-state index in [1.54, 1.807) is 0 Å². The SMILES string of the molecule is CCCn1c(C)cc(-c2csc(NC(=O)[C@@H]3CCCO3)n2)c1C.